The van der Waals surface area contributed by atoms with Gasteiger partial charge >= 0.3 is 0 Å². The summed E-state index contributed by atoms with van der Waals surface area (Å²) < 4.78 is 0. The number of hydrogen-bond acceptors (Lipinski definition) is 3. The van der Waals surface area contributed by atoms with E-state index in [2.05, 4.69) is 0 Å². The van der Waals surface area contributed by atoms with Crippen LogP contribution in [0.4, 0.5) is 0 Å². The molecule has 4 heteroatoms. The Morgan fingerprint density at radius 3 is 2.82 bits per heavy atom. The first-order valence-corrected chi connectivity index (χ1v) is 3.91. The number of aliphatic hydroxyl groups excluding tert-OH is 1. The van der Waals surface area contributed by atoms with Crippen LogP contribution in [0.2, 0.25) is 0 Å². The van der Waals surface area contributed by atoms with Crippen LogP contribution in [0.1, 0.15) is 19.8 Å². The van der Waals surface area contributed by atoms with E-state index in [1.807, 2.05) is 6.92 Å². The summed E-state index contributed by atoms with van der Waals surface area (Å²) in [6.07, 6.45) is 1.41. The monoisotopic (exact) mass is 158 g/mol. The standard InChI is InChI=1S/C7H14N2O2/c1-2-5-6(3-4-10)9(8)7(5)11/h5-6,10H,2-4,8H2,1H3. The number of β-lactam (4-membered cyclic amide) rings is 1. The molecule has 1 rings (SSSR count). The number of amides is 1. The average Bonchev–Trinajstić information content (AvgIpc) is 2.04. The number of carbonyl (C=O) groups is 1. The number of rotatable bonds is 3. The van der Waals surface area contributed by atoms with Crippen molar-refractivity contribution in [2.24, 2.45) is 11.8 Å². The molecule has 3 N–H and O–H groups in total. The lowest BCUT2D eigenvalue weighted by molar-refractivity contribution is -0.158. The van der Waals surface area contributed by atoms with E-state index in [0.29, 0.717) is 6.42 Å². The largest absolute Gasteiger partial charge is 0.396 e. The van der Waals surface area contributed by atoms with E-state index in [-0.39, 0.29) is 24.5 Å². The van der Waals surface area contributed by atoms with Crippen molar-refractivity contribution in [2.45, 2.75) is 25.8 Å². The fraction of sp³-hybridized carbons (Fsp3) is 0.857. The summed E-state index contributed by atoms with van der Waals surface area (Å²) in [5.74, 6) is 5.44. The second-order valence-electron chi connectivity index (χ2n) is 2.84. The van der Waals surface area contributed by atoms with Gasteiger partial charge in [0.25, 0.3) is 0 Å². The second-order valence-corrected chi connectivity index (χ2v) is 2.84. The molecule has 0 saturated carbocycles. The normalized spacial score (nSPS) is 30.5. The molecule has 0 spiro atoms. The van der Waals surface area contributed by atoms with Gasteiger partial charge in [0.1, 0.15) is 0 Å². The number of hydrogen-bond donors (Lipinski definition) is 2. The van der Waals surface area contributed by atoms with Crippen molar-refractivity contribution in [1.29, 1.82) is 0 Å². The predicted molar refractivity (Wildman–Crippen MR) is 40.3 cm³/mol. The van der Waals surface area contributed by atoms with Gasteiger partial charge in [0, 0.05) is 6.61 Å². The summed E-state index contributed by atoms with van der Waals surface area (Å²) in [6.45, 7) is 2.06. The van der Waals surface area contributed by atoms with Crippen molar-refractivity contribution in [2.75, 3.05) is 6.61 Å². The topological polar surface area (TPSA) is 66.6 Å². The lowest BCUT2D eigenvalue weighted by Gasteiger charge is -2.43. The smallest absolute Gasteiger partial charge is 0.241 e. The molecule has 1 aliphatic heterocycles. The molecular formula is C7H14N2O2. The molecule has 0 aromatic carbocycles. The highest BCUT2D eigenvalue weighted by molar-refractivity contribution is 5.85. The maximum atomic E-state index is 11.0. The minimum Gasteiger partial charge on any atom is -0.396 e. The molecule has 0 aliphatic carbocycles. The Balaban J connectivity index is 2.46. The van der Waals surface area contributed by atoms with Gasteiger partial charge in [0.15, 0.2) is 0 Å². The SMILES string of the molecule is CCC1C(=O)N(N)C1CCO. The van der Waals surface area contributed by atoms with E-state index in [9.17, 15) is 4.79 Å². The molecule has 1 saturated heterocycles. The molecule has 1 heterocycles. The summed E-state index contributed by atoms with van der Waals surface area (Å²) in [6, 6.07) is 0.0671. The molecule has 0 radical (unpaired) electrons. The fourth-order valence-electron chi connectivity index (χ4n) is 1.55. The van der Waals surface area contributed by atoms with Gasteiger partial charge in [-0.2, -0.15) is 0 Å². The summed E-state index contributed by atoms with van der Waals surface area (Å²) >= 11 is 0. The predicted octanol–water partition coefficient (Wildman–Crippen LogP) is -0.520. The van der Waals surface area contributed by atoms with Crippen molar-refractivity contribution < 1.29 is 9.90 Å². The van der Waals surface area contributed by atoms with Crippen molar-refractivity contribution >= 4 is 5.91 Å². The van der Waals surface area contributed by atoms with Gasteiger partial charge < -0.3 is 5.11 Å². The van der Waals surface area contributed by atoms with Gasteiger partial charge in [-0.15, -0.1) is 0 Å². The van der Waals surface area contributed by atoms with Crippen molar-refractivity contribution in [1.82, 2.24) is 5.01 Å². The quantitative estimate of drug-likeness (QED) is 0.330. The molecule has 0 bridgehead atoms. The number of aliphatic hydroxyl groups is 1. The first-order valence-electron chi connectivity index (χ1n) is 3.91. The number of carbonyl (C=O) groups excluding carboxylic acids is 1. The molecular weight excluding hydrogens is 144 g/mol. The molecule has 1 aliphatic rings. The molecule has 0 aromatic heterocycles. The summed E-state index contributed by atoms with van der Waals surface area (Å²) in [4.78, 5) is 11.0. The highest BCUT2D eigenvalue weighted by Gasteiger charge is 2.43. The average molecular weight is 158 g/mol. The fourth-order valence-corrected chi connectivity index (χ4v) is 1.55. The molecule has 1 amide bonds. The third-order valence-electron chi connectivity index (χ3n) is 2.26. The Hall–Kier alpha value is -0.610. The van der Waals surface area contributed by atoms with Crippen LogP contribution in [0.25, 0.3) is 0 Å². The van der Waals surface area contributed by atoms with Crippen LogP contribution in [-0.2, 0) is 4.79 Å². The zero-order chi connectivity index (χ0) is 8.43. The summed E-state index contributed by atoms with van der Waals surface area (Å²) in [5, 5.41) is 9.85. The second kappa shape index (κ2) is 3.19. The highest BCUT2D eigenvalue weighted by atomic mass is 16.3. The maximum Gasteiger partial charge on any atom is 0.241 e. The van der Waals surface area contributed by atoms with Crippen molar-refractivity contribution in [3.63, 3.8) is 0 Å². The van der Waals surface area contributed by atoms with Gasteiger partial charge in [-0.1, -0.05) is 6.92 Å². The van der Waals surface area contributed by atoms with E-state index < -0.39 is 0 Å². The highest BCUT2D eigenvalue weighted by Crippen LogP contribution is 2.27. The van der Waals surface area contributed by atoms with Crippen molar-refractivity contribution in [3.8, 4) is 0 Å². The Morgan fingerprint density at radius 2 is 2.36 bits per heavy atom. The minimum atomic E-state index is 0.00551. The van der Waals surface area contributed by atoms with E-state index in [0.717, 1.165) is 6.42 Å². The van der Waals surface area contributed by atoms with Crippen LogP contribution in [0, 0.1) is 5.92 Å². The van der Waals surface area contributed by atoms with Gasteiger partial charge in [0.05, 0.1) is 12.0 Å². The Morgan fingerprint density at radius 1 is 1.73 bits per heavy atom. The molecule has 2 atom stereocenters. The van der Waals surface area contributed by atoms with E-state index >= 15 is 0 Å². The molecule has 0 aromatic rings. The van der Waals surface area contributed by atoms with Gasteiger partial charge in [-0.3, -0.25) is 9.80 Å². The molecule has 1 fully saturated rings. The molecule has 4 nitrogen and oxygen atoms in total. The zero-order valence-corrected chi connectivity index (χ0v) is 6.66. The number of nitrogens with two attached hydrogens (primary N) is 1. The van der Waals surface area contributed by atoms with Crippen LogP contribution in [-0.4, -0.2) is 28.7 Å². The molecule has 64 valence electrons. The van der Waals surface area contributed by atoms with Crippen LogP contribution >= 0.6 is 0 Å². The lowest BCUT2D eigenvalue weighted by atomic mass is 9.85. The molecule has 11 heavy (non-hydrogen) atoms. The van der Waals surface area contributed by atoms with Gasteiger partial charge in [0.2, 0.25) is 5.91 Å². The first-order chi connectivity index (χ1) is 5.22. The van der Waals surface area contributed by atoms with E-state index in [1.54, 1.807) is 0 Å². The third kappa shape index (κ3) is 1.23. The van der Waals surface area contributed by atoms with Crippen LogP contribution in [0.15, 0.2) is 0 Å². The zero-order valence-electron chi connectivity index (χ0n) is 6.66. The number of hydrazine groups is 1. The lowest BCUT2D eigenvalue weighted by Crippen LogP contribution is -2.64. The summed E-state index contributed by atoms with van der Waals surface area (Å²) in [7, 11) is 0. The van der Waals surface area contributed by atoms with E-state index in [4.69, 9.17) is 10.9 Å². The van der Waals surface area contributed by atoms with Crippen molar-refractivity contribution in [3.05, 3.63) is 0 Å². The van der Waals surface area contributed by atoms with Crippen LogP contribution < -0.4 is 5.84 Å². The maximum absolute atomic E-state index is 11.0. The molecule has 2 unspecified atom stereocenters. The van der Waals surface area contributed by atoms with E-state index in [1.165, 1.54) is 5.01 Å². The van der Waals surface area contributed by atoms with Crippen LogP contribution in [0.3, 0.4) is 0 Å². The number of nitrogens with zero attached hydrogens (tertiary/aromatic N) is 1. The van der Waals surface area contributed by atoms with Gasteiger partial charge in [-0.25, -0.2) is 5.84 Å². The Labute approximate surface area is 65.9 Å². The first kappa shape index (κ1) is 8.49. The Bertz CT molecular complexity index is 161. The minimum absolute atomic E-state index is 0.00551. The van der Waals surface area contributed by atoms with Gasteiger partial charge in [-0.05, 0) is 12.8 Å². The summed E-state index contributed by atoms with van der Waals surface area (Å²) in [5.41, 5.74) is 0. The third-order valence-corrected chi connectivity index (χ3v) is 2.26. The Kier molecular flexibility index (Phi) is 2.46. The van der Waals surface area contributed by atoms with Crippen LogP contribution in [0.5, 0.6) is 0 Å².